The topological polar surface area (TPSA) is 152 Å². The molecule has 1 atom stereocenters. The minimum absolute atomic E-state index is 0.0256. The molecular weight excluding hydrogens is 594 g/mol. The number of carbonyl (C=O) groups excluding carboxylic acids is 3. The lowest BCUT2D eigenvalue weighted by Crippen LogP contribution is -2.53. The Kier molecular flexibility index (Phi) is 10.7. The highest BCUT2D eigenvalue weighted by molar-refractivity contribution is 6.11. The highest BCUT2D eigenvalue weighted by Crippen LogP contribution is 2.32. The van der Waals surface area contributed by atoms with Crippen LogP contribution in [0, 0.1) is 12.3 Å². The number of benzene rings is 3. The van der Waals surface area contributed by atoms with Crippen LogP contribution in [0.2, 0.25) is 0 Å². The van der Waals surface area contributed by atoms with Gasteiger partial charge in [0.15, 0.2) is 0 Å². The Hall–Kier alpha value is -5.03. The van der Waals surface area contributed by atoms with Crippen LogP contribution in [-0.4, -0.2) is 64.7 Å². The first-order valence-corrected chi connectivity index (χ1v) is 16.2. The predicted octanol–water partition coefficient (Wildman–Crippen LogP) is 5.01. The van der Waals surface area contributed by atoms with Crippen LogP contribution in [0.4, 0.5) is 5.69 Å². The molecule has 0 spiro atoms. The van der Waals surface area contributed by atoms with Crippen LogP contribution in [0.1, 0.15) is 72.4 Å². The number of aromatic amines is 1. The maximum absolute atomic E-state index is 13.9. The summed E-state index contributed by atoms with van der Waals surface area (Å²) >= 11 is 0. The molecule has 2 amide bonds. The fourth-order valence-corrected chi connectivity index (χ4v) is 6.00. The summed E-state index contributed by atoms with van der Waals surface area (Å²) in [5, 5.41) is 17.8. The molecule has 4 aromatic rings. The molecule has 0 unspecified atom stereocenters. The molecule has 1 aliphatic heterocycles. The fraction of sp³-hybridized carbons (Fsp3) is 0.361. The average molecular weight is 638 g/mol. The van der Waals surface area contributed by atoms with E-state index in [0.717, 1.165) is 59.6 Å². The summed E-state index contributed by atoms with van der Waals surface area (Å²) in [5.41, 5.74) is 4.39. The number of imidazole rings is 1. The Morgan fingerprint density at radius 2 is 1.72 bits per heavy atom. The van der Waals surface area contributed by atoms with E-state index < -0.39 is 5.54 Å². The monoisotopic (exact) mass is 637 g/mol. The van der Waals surface area contributed by atoms with Crippen molar-refractivity contribution in [1.82, 2.24) is 25.5 Å². The largest absolute Gasteiger partial charge is 0.466 e. The summed E-state index contributed by atoms with van der Waals surface area (Å²) < 4.78 is 5.07. The first-order valence-electron chi connectivity index (χ1n) is 16.2. The van der Waals surface area contributed by atoms with E-state index in [-0.39, 0.29) is 23.6 Å². The third kappa shape index (κ3) is 7.86. The minimum Gasteiger partial charge on any atom is -0.466 e. The van der Waals surface area contributed by atoms with Crippen LogP contribution in [0.25, 0.3) is 11.0 Å². The molecule has 11 nitrogen and oxygen atoms in total. The van der Waals surface area contributed by atoms with Gasteiger partial charge in [0.25, 0.3) is 5.91 Å². The molecule has 2 heterocycles. The van der Waals surface area contributed by atoms with Gasteiger partial charge in [-0.05, 0) is 100 Å². The number of fused-ring (bicyclic) bond motifs is 1. The first kappa shape index (κ1) is 33.3. The number of likely N-dealkylation sites (tertiary alicyclic amines) is 1. The Balaban J connectivity index is 1.27. The van der Waals surface area contributed by atoms with Gasteiger partial charge >= 0.3 is 5.97 Å². The summed E-state index contributed by atoms with van der Waals surface area (Å²) in [6.45, 7) is 8.46. The van der Waals surface area contributed by atoms with Gasteiger partial charge in [0, 0.05) is 36.3 Å². The second-order valence-electron chi connectivity index (χ2n) is 11.9. The number of rotatable bonds is 13. The van der Waals surface area contributed by atoms with Gasteiger partial charge in [-0.1, -0.05) is 24.3 Å². The number of hydrogen-bond donors (Lipinski definition) is 5. The number of nitrogens with zero attached hydrogens (tertiary/aromatic N) is 2. The molecule has 1 saturated heterocycles. The highest BCUT2D eigenvalue weighted by Gasteiger charge is 2.40. The van der Waals surface area contributed by atoms with E-state index in [9.17, 15) is 14.4 Å². The van der Waals surface area contributed by atoms with Gasteiger partial charge in [-0.3, -0.25) is 25.1 Å². The number of nitrogens with one attached hydrogen (secondary N) is 5. The number of H-pyrrole nitrogens is 1. The first-order chi connectivity index (χ1) is 22.7. The second-order valence-corrected chi connectivity index (χ2v) is 11.9. The second kappa shape index (κ2) is 15.0. The van der Waals surface area contributed by atoms with Crippen LogP contribution >= 0.6 is 0 Å². The van der Waals surface area contributed by atoms with Gasteiger partial charge in [0.05, 0.1) is 24.2 Å². The van der Waals surface area contributed by atoms with Crippen molar-refractivity contribution >= 4 is 40.3 Å². The third-order valence-electron chi connectivity index (χ3n) is 8.57. The number of hydrogen-bond acceptors (Lipinski definition) is 8. The van der Waals surface area contributed by atoms with Crippen molar-refractivity contribution < 1.29 is 19.1 Å². The Morgan fingerprint density at radius 1 is 1.00 bits per heavy atom. The molecule has 1 aromatic heterocycles. The van der Waals surface area contributed by atoms with Crippen LogP contribution in [-0.2, 0) is 26.4 Å². The molecule has 0 aliphatic carbocycles. The molecule has 1 fully saturated rings. The van der Waals surface area contributed by atoms with E-state index in [0.29, 0.717) is 43.7 Å². The molecular formula is C36H43N7O4. The Bertz CT molecular complexity index is 1730. The molecule has 0 radical (unpaired) electrons. The highest BCUT2D eigenvalue weighted by atomic mass is 16.5. The van der Waals surface area contributed by atoms with Gasteiger partial charge in [-0.2, -0.15) is 0 Å². The van der Waals surface area contributed by atoms with Crippen LogP contribution in [0.15, 0.2) is 66.7 Å². The van der Waals surface area contributed by atoms with Gasteiger partial charge < -0.3 is 25.3 Å². The van der Waals surface area contributed by atoms with E-state index in [1.807, 2.05) is 49.1 Å². The number of carbonyl (C=O) groups is 3. The van der Waals surface area contributed by atoms with E-state index in [4.69, 9.17) is 15.1 Å². The van der Waals surface area contributed by atoms with Gasteiger partial charge in [0.1, 0.15) is 17.2 Å². The quantitative estimate of drug-likeness (QED) is 0.0598. The lowest BCUT2D eigenvalue weighted by Gasteiger charge is -2.35. The van der Waals surface area contributed by atoms with E-state index in [2.05, 4.69) is 20.9 Å². The predicted molar refractivity (Wildman–Crippen MR) is 182 cm³/mol. The minimum atomic E-state index is -0.981. The smallest absolute Gasteiger partial charge is 0.305 e. The lowest BCUT2D eigenvalue weighted by molar-refractivity contribution is -0.143. The van der Waals surface area contributed by atoms with Crippen molar-refractivity contribution in [3.8, 4) is 0 Å². The number of aromatic nitrogens is 2. The van der Waals surface area contributed by atoms with Crippen LogP contribution in [0.5, 0.6) is 0 Å². The maximum Gasteiger partial charge on any atom is 0.305 e. The Labute approximate surface area is 275 Å². The number of esters is 1. The molecule has 0 bridgehead atoms. The van der Waals surface area contributed by atoms with E-state index >= 15 is 0 Å². The number of aryl methyl sites for hydroxylation is 1. The zero-order chi connectivity index (χ0) is 33.4. The summed E-state index contributed by atoms with van der Waals surface area (Å²) in [4.78, 5) is 48.4. The summed E-state index contributed by atoms with van der Waals surface area (Å²) in [6, 6.07) is 20.0. The van der Waals surface area contributed by atoms with Crippen molar-refractivity contribution in [2.75, 3.05) is 31.6 Å². The van der Waals surface area contributed by atoms with Crippen molar-refractivity contribution in [3.63, 3.8) is 0 Å². The molecule has 246 valence electrons. The summed E-state index contributed by atoms with van der Waals surface area (Å²) in [7, 11) is 0. The fourth-order valence-electron chi connectivity index (χ4n) is 6.00. The molecule has 5 rings (SSSR count). The molecule has 5 N–H and O–H groups in total. The van der Waals surface area contributed by atoms with Gasteiger partial charge in [-0.25, -0.2) is 4.98 Å². The third-order valence-corrected chi connectivity index (χ3v) is 8.57. The molecule has 0 saturated carbocycles. The summed E-state index contributed by atoms with van der Waals surface area (Å²) in [5.74, 6) is 0.230. The van der Waals surface area contributed by atoms with Crippen molar-refractivity contribution in [2.45, 2.75) is 58.5 Å². The average Bonchev–Trinajstić information content (AvgIpc) is 3.77. The number of amides is 2. The van der Waals surface area contributed by atoms with Crippen LogP contribution < -0.4 is 16.0 Å². The molecule has 47 heavy (non-hydrogen) atoms. The number of anilines is 1. The molecule has 1 aliphatic rings. The van der Waals surface area contributed by atoms with Gasteiger partial charge in [0.2, 0.25) is 5.91 Å². The van der Waals surface area contributed by atoms with Gasteiger partial charge in [-0.15, -0.1) is 0 Å². The lowest BCUT2D eigenvalue weighted by atomic mass is 9.86. The zero-order valence-electron chi connectivity index (χ0n) is 27.2. The SMILES string of the molecule is CCOC(=O)CCCN[C@@](C)(C(=O)N1CCCC1)c1ccc2[nH]c(CNc3ccc(C(=N)NC(=O)c4ccccc4)cc3)nc2c1C. The normalized spacial score (nSPS) is 14.1. The van der Waals surface area contributed by atoms with E-state index in [1.165, 1.54) is 0 Å². The van der Waals surface area contributed by atoms with Crippen molar-refractivity contribution in [3.05, 3.63) is 94.8 Å². The van der Waals surface area contributed by atoms with Crippen molar-refractivity contribution in [1.29, 1.82) is 5.41 Å². The van der Waals surface area contributed by atoms with Crippen LogP contribution in [0.3, 0.4) is 0 Å². The zero-order valence-corrected chi connectivity index (χ0v) is 27.2. The Morgan fingerprint density at radius 3 is 2.43 bits per heavy atom. The van der Waals surface area contributed by atoms with E-state index in [1.54, 1.807) is 43.3 Å². The van der Waals surface area contributed by atoms with Crippen molar-refractivity contribution in [2.24, 2.45) is 0 Å². The molecule has 11 heteroatoms. The maximum atomic E-state index is 13.9. The molecule has 3 aromatic carbocycles. The summed E-state index contributed by atoms with van der Waals surface area (Å²) in [6.07, 6.45) is 2.84. The standard InChI is InChI=1S/C36H43N7O4/c1-4-47-31(44)13-10-20-39-36(3,35(46)43-21-8-9-22-43)28-18-19-29-32(24(28)2)41-30(40-29)23-38-27-16-14-25(15-17-27)33(37)42-34(45)26-11-6-5-7-12-26/h5-7,11-12,14-19,38-39H,4,8-10,13,20-23H2,1-3H3,(H,40,41)(H2,37,42,45)/t36-/m1/s1. The number of ether oxygens (including phenoxy) is 1. The number of amidine groups is 1.